The molecular formula is C15H10ClF2NO. The van der Waals surface area contributed by atoms with Crippen LogP contribution in [0.3, 0.4) is 0 Å². The fourth-order valence-electron chi connectivity index (χ4n) is 2.07. The Bertz CT molecular complexity index is 785. The van der Waals surface area contributed by atoms with Gasteiger partial charge in [-0.05, 0) is 35.9 Å². The summed E-state index contributed by atoms with van der Waals surface area (Å²) >= 11 is 6.06. The number of hydrogen-bond donors (Lipinski definition) is 1. The van der Waals surface area contributed by atoms with Gasteiger partial charge in [-0.2, -0.15) is 0 Å². The molecule has 0 saturated carbocycles. The Morgan fingerprint density at radius 1 is 1.05 bits per heavy atom. The third-order valence-corrected chi connectivity index (χ3v) is 3.47. The van der Waals surface area contributed by atoms with E-state index in [-0.39, 0.29) is 0 Å². The van der Waals surface area contributed by atoms with Crippen molar-refractivity contribution >= 4 is 22.6 Å². The van der Waals surface area contributed by atoms with Crippen LogP contribution < -0.4 is 5.73 Å². The Morgan fingerprint density at radius 3 is 2.55 bits per heavy atom. The molecule has 5 heteroatoms. The van der Waals surface area contributed by atoms with E-state index < -0.39 is 17.7 Å². The van der Waals surface area contributed by atoms with E-state index in [9.17, 15) is 8.78 Å². The van der Waals surface area contributed by atoms with E-state index in [4.69, 9.17) is 21.8 Å². The summed E-state index contributed by atoms with van der Waals surface area (Å²) in [6.07, 6.45) is 0. The maximum atomic E-state index is 13.2. The highest BCUT2D eigenvalue weighted by atomic mass is 35.5. The molecule has 1 unspecified atom stereocenters. The zero-order valence-electron chi connectivity index (χ0n) is 10.2. The van der Waals surface area contributed by atoms with E-state index in [1.54, 1.807) is 24.3 Å². The number of furan rings is 1. The summed E-state index contributed by atoms with van der Waals surface area (Å²) in [5.41, 5.74) is 7.06. The first kappa shape index (κ1) is 13.1. The second-order valence-corrected chi connectivity index (χ2v) is 4.86. The second kappa shape index (κ2) is 4.89. The number of fused-ring (bicyclic) bond motifs is 1. The first-order valence-electron chi connectivity index (χ1n) is 5.95. The van der Waals surface area contributed by atoms with Crippen LogP contribution in [0, 0.1) is 11.6 Å². The van der Waals surface area contributed by atoms with Crippen LogP contribution in [0.1, 0.15) is 17.4 Å². The highest BCUT2D eigenvalue weighted by Gasteiger charge is 2.17. The molecule has 102 valence electrons. The van der Waals surface area contributed by atoms with Gasteiger partial charge < -0.3 is 10.2 Å². The summed E-state index contributed by atoms with van der Waals surface area (Å²) in [7, 11) is 0. The lowest BCUT2D eigenvalue weighted by Gasteiger charge is -2.09. The number of nitrogens with two attached hydrogens (primary N) is 1. The lowest BCUT2D eigenvalue weighted by molar-refractivity contribution is 0.499. The van der Waals surface area contributed by atoms with Crippen molar-refractivity contribution in [1.82, 2.24) is 0 Å². The normalized spacial score (nSPS) is 12.8. The molecule has 2 aromatic carbocycles. The third kappa shape index (κ3) is 2.17. The lowest BCUT2D eigenvalue weighted by atomic mass is 10.0. The van der Waals surface area contributed by atoms with Crippen molar-refractivity contribution in [2.24, 2.45) is 5.73 Å². The van der Waals surface area contributed by atoms with Crippen LogP contribution in [0.15, 0.2) is 46.9 Å². The first-order chi connectivity index (χ1) is 9.56. The molecule has 0 aliphatic heterocycles. The molecule has 3 rings (SSSR count). The van der Waals surface area contributed by atoms with Gasteiger partial charge in [0.25, 0.3) is 0 Å². The first-order valence-corrected chi connectivity index (χ1v) is 6.32. The van der Waals surface area contributed by atoms with Gasteiger partial charge in [0, 0.05) is 5.39 Å². The third-order valence-electron chi connectivity index (χ3n) is 3.14. The lowest BCUT2D eigenvalue weighted by Crippen LogP contribution is -2.11. The van der Waals surface area contributed by atoms with Crippen molar-refractivity contribution in [3.8, 4) is 0 Å². The van der Waals surface area contributed by atoms with E-state index in [1.165, 1.54) is 6.07 Å². The van der Waals surface area contributed by atoms with Crippen LogP contribution in [-0.4, -0.2) is 0 Å². The van der Waals surface area contributed by atoms with Crippen LogP contribution in [0.4, 0.5) is 8.78 Å². The molecule has 3 aromatic rings. The van der Waals surface area contributed by atoms with Crippen molar-refractivity contribution in [3.63, 3.8) is 0 Å². The standard InChI is InChI=1S/C15H10ClF2NO/c16-10-2-1-3-13-9(10)7-14(20-13)15(19)8-4-5-11(17)12(18)6-8/h1-7,15H,19H2. The number of halogens is 3. The quantitative estimate of drug-likeness (QED) is 0.760. The Morgan fingerprint density at radius 2 is 1.85 bits per heavy atom. The van der Waals surface area contributed by atoms with E-state index >= 15 is 0 Å². The molecule has 0 amide bonds. The van der Waals surface area contributed by atoms with Crippen molar-refractivity contribution in [1.29, 1.82) is 0 Å². The van der Waals surface area contributed by atoms with Gasteiger partial charge in [-0.15, -0.1) is 0 Å². The minimum Gasteiger partial charge on any atom is -0.459 e. The van der Waals surface area contributed by atoms with Crippen LogP contribution >= 0.6 is 11.6 Å². The van der Waals surface area contributed by atoms with Gasteiger partial charge in [0.2, 0.25) is 0 Å². The van der Waals surface area contributed by atoms with E-state index in [0.717, 1.165) is 17.5 Å². The maximum absolute atomic E-state index is 13.2. The molecular weight excluding hydrogens is 284 g/mol. The molecule has 0 radical (unpaired) electrons. The van der Waals surface area contributed by atoms with Gasteiger partial charge in [-0.1, -0.05) is 23.7 Å². The topological polar surface area (TPSA) is 39.2 Å². The molecule has 0 fully saturated rings. The summed E-state index contributed by atoms with van der Waals surface area (Å²) in [6.45, 7) is 0. The number of rotatable bonds is 2. The molecule has 2 N–H and O–H groups in total. The van der Waals surface area contributed by atoms with Crippen LogP contribution in [0.5, 0.6) is 0 Å². The predicted octanol–water partition coefficient (Wildman–Crippen LogP) is 4.41. The van der Waals surface area contributed by atoms with Gasteiger partial charge in [0.05, 0.1) is 11.1 Å². The molecule has 0 aliphatic rings. The van der Waals surface area contributed by atoms with Gasteiger partial charge in [-0.3, -0.25) is 0 Å². The molecule has 0 bridgehead atoms. The highest BCUT2D eigenvalue weighted by molar-refractivity contribution is 6.35. The maximum Gasteiger partial charge on any atom is 0.159 e. The molecule has 0 spiro atoms. The Labute approximate surface area is 118 Å². The summed E-state index contributed by atoms with van der Waals surface area (Å²) in [5.74, 6) is -1.40. The van der Waals surface area contributed by atoms with Crippen LogP contribution in [0.2, 0.25) is 5.02 Å². The molecule has 1 atom stereocenters. The van der Waals surface area contributed by atoms with Gasteiger partial charge in [0.15, 0.2) is 11.6 Å². The number of benzene rings is 2. The van der Waals surface area contributed by atoms with Crippen LogP contribution in [0.25, 0.3) is 11.0 Å². The highest BCUT2D eigenvalue weighted by Crippen LogP contribution is 2.31. The summed E-state index contributed by atoms with van der Waals surface area (Å²) in [4.78, 5) is 0. The Balaban J connectivity index is 2.05. The zero-order valence-corrected chi connectivity index (χ0v) is 11.0. The fourth-order valence-corrected chi connectivity index (χ4v) is 2.29. The fraction of sp³-hybridized carbons (Fsp3) is 0.0667. The predicted molar refractivity (Wildman–Crippen MR) is 73.6 cm³/mol. The van der Waals surface area contributed by atoms with E-state index in [0.29, 0.717) is 21.9 Å². The molecule has 1 aromatic heterocycles. The monoisotopic (exact) mass is 293 g/mol. The van der Waals surface area contributed by atoms with Gasteiger partial charge >= 0.3 is 0 Å². The molecule has 20 heavy (non-hydrogen) atoms. The van der Waals surface area contributed by atoms with Gasteiger partial charge in [0.1, 0.15) is 11.3 Å². The smallest absolute Gasteiger partial charge is 0.159 e. The molecule has 1 heterocycles. The minimum atomic E-state index is -0.938. The molecule has 0 aliphatic carbocycles. The average Bonchev–Trinajstić information content (AvgIpc) is 2.86. The summed E-state index contributed by atoms with van der Waals surface area (Å²) < 4.78 is 31.8. The Kier molecular flexibility index (Phi) is 3.20. The SMILES string of the molecule is NC(c1ccc(F)c(F)c1)c1cc2c(Cl)cccc2o1. The van der Waals surface area contributed by atoms with E-state index in [1.807, 2.05) is 0 Å². The van der Waals surface area contributed by atoms with Crippen molar-refractivity contribution in [3.05, 3.63) is 70.4 Å². The average molecular weight is 294 g/mol. The molecule has 2 nitrogen and oxygen atoms in total. The van der Waals surface area contributed by atoms with E-state index in [2.05, 4.69) is 0 Å². The van der Waals surface area contributed by atoms with Crippen molar-refractivity contribution in [2.45, 2.75) is 6.04 Å². The van der Waals surface area contributed by atoms with Gasteiger partial charge in [-0.25, -0.2) is 8.78 Å². The minimum absolute atomic E-state index is 0.430. The largest absolute Gasteiger partial charge is 0.459 e. The second-order valence-electron chi connectivity index (χ2n) is 4.45. The summed E-state index contributed by atoms with van der Waals surface area (Å²) in [6, 6.07) is 9.83. The Hall–Kier alpha value is -1.91. The van der Waals surface area contributed by atoms with Crippen LogP contribution in [-0.2, 0) is 0 Å². The summed E-state index contributed by atoms with van der Waals surface area (Å²) in [5, 5.41) is 1.29. The zero-order chi connectivity index (χ0) is 14.3. The number of hydrogen-bond acceptors (Lipinski definition) is 2. The van der Waals surface area contributed by atoms with Crippen molar-refractivity contribution < 1.29 is 13.2 Å². The molecule has 0 saturated heterocycles. The van der Waals surface area contributed by atoms with Crippen molar-refractivity contribution in [2.75, 3.05) is 0 Å².